The number of sulfonamides is 1. The SMILES string of the molecule is CC(C)c1ccc(S(=O)(=O)N2CCC(C(=O)NCc3ccccc3Cl)CC2)cc1. The molecular formula is C22H27ClN2O3S. The first kappa shape index (κ1) is 21.8. The van der Waals surface area contributed by atoms with Crippen LogP contribution in [-0.2, 0) is 21.4 Å². The quantitative estimate of drug-likeness (QED) is 0.741. The molecule has 1 N–H and O–H groups in total. The van der Waals surface area contributed by atoms with E-state index in [1.54, 1.807) is 18.2 Å². The molecule has 0 bridgehead atoms. The summed E-state index contributed by atoms with van der Waals surface area (Å²) in [7, 11) is -3.53. The van der Waals surface area contributed by atoms with E-state index in [0.717, 1.165) is 11.1 Å². The molecule has 0 aromatic heterocycles. The van der Waals surface area contributed by atoms with E-state index in [0.29, 0.717) is 48.3 Å². The summed E-state index contributed by atoms with van der Waals surface area (Å²) in [5.41, 5.74) is 1.98. The van der Waals surface area contributed by atoms with Gasteiger partial charge in [0.2, 0.25) is 15.9 Å². The van der Waals surface area contributed by atoms with Crippen LogP contribution in [-0.4, -0.2) is 31.7 Å². The molecule has 5 nitrogen and oxygen atoms in total. The fourth-order valence-corrected chi connectivity index (χ4v) is 5.17. The second kappa shape index (κ2) is 9.28. The molecule has 0 radical (unpaired) electrons. The normalized spacial score (nSPS) is 16.1. The molecule has 0 unspecified atom stereocenters. The van der Waals surface area contributed by atoms with Crippen LogP contribution in [0.2, 0.25) is 5.02 Å². The van der Waals surface area contributed by atoms with Crippen LogP contribution in [0.1, 0.15) is 43.7 Å². The van der Waals surface area contributed by atoms with Gasteiger partial charge in [0, 0.05) is 30.6 Å². The second-order valence-electron chi connectivity index (χ2n) is 7.71. The second-order valence-corrected chi connectivity index (χ2v) is 10.1. The summed E-state index contributed by atoms with van der Waals surface area (Å²) in [5.74, 6) is 0.113. The Labute approximate surface area is 178 Å². The smallest absolute Gasteiger partial charge is 0.243 e. The van der Waals surface area contributed by atoms with E-state index < -0.39 is 10.0 Å². The van der Waals surface area contributed by atoms with Crippen LogP contribution in [0.5, 0.6) is 0 Å². The average Bonchev–Trinajstić information content (AvgIpc) is 2.73. The molecule has 0 aliphatic carbocycles. The first-order chi connectivity index (χ1) is 13.8. The van der Waals surface area contributed by atoms with E-state index in [1.807, 2.05) is 30.3 Å². The fraction of sp³-hybridized carbons (Fsp3) is 0.409. The van der Waals surface area contributed by atoms with E-state index in [9.17, 15) is 13.2 Å². The van der Waals surface area contributed by atoms with Gasteiger partial charge in [0.1, 0.15) is 0 Å². The predicted octanol–water partition coefficient (Wildman–Crippen LogP) is 4.18. The molecule has 0 saturated carbocycles. The molecule has 2 aromatic rings. The lowest BCUT2D eigenvalue weighted by Gasteiger charge is -2.30. The minimum atomic E-state index is -3.53. The van der Waals surface area contributed by atoms with Gasteiger partial charge in [-0.1, -0.05) is 55.8 Å². The number of halogens is 1. The fourth-order valence-electron chi connectivity index (χ4n) is 3.50. The first-order valence-corrected chi connectivity index (χ1v) is 11.7. The summed E-state index contributed by atoms with van der Waals surface area (Å²) >= 11 is 6.12. The lowest BCUT2D eigenvalue weighted by atomic mass is 9.97. The number of benzene rings is 2. The summed E-state index contributed by atoms with van der Waals surface area (Å²) in [5, 5.41) is 3.54. The number of carbonyl (C=O) groups excluding carboxylic acids is 1. The third-order valence-corrected chi connectivity index (χ3v) is 7.70. The molecule has 7 heteroatoms. The standard InChI is InChI=1S/C22H27ClN2O3S/c1-16(2)17-7-9-20(10-8-17)29(27,28)25-13-11-18(12-14-25)22(26)24-15-19-5-3-4-6-21(19)23/h3-10,16,18H,11-15H2,1-2H3,(H,24,26). The van der Waals surface area contributed by atoms with Gasteiger partial charge in [-0.3, -0.25) is 4.79 Å². The van der Waals surface area contributed by atoms with Gasteiger partial charge >= 0.3 is 0 Å². The Morgan fingerprint density at radius 1 is 1.10 bits per heavy atom. The Kier molecular flexibility index (Phi) is 6.98. The molecule has 29 heavy (non-hydrogen) atoms. The summed E-state index contributed by atoms with van der Waals surface area (Å²) in [4.78, 5) is 12.8. The van der Waals surface area contributed by atoms with Crippen molar-refractivity contribution < 1.29 is 13.2 Å². The van der Waals surface area contributed by atoms with Crippen molar-refractivity contribution in [1.29, 1.82) is 0 Å². The van der Waals surface area contributed by atoms with Crippen LogP contribution in [0.3, 0.4) is 0 Å². The lowest BCUT2D eigenvalue weighted by molar-refractivity contribution is -0.126. The molecule has 1 amide bonds. The third kappa shape index (κ3) is 5.18. The number of nitrogens with zero attached hydrogens (tertiary/aromatic N) is 1. The molecular weight excluding hydrogens is 408 g/mol. The molecule has 0 spiro atoms. The van der Waals surface area contributed by atoms with E-state index in [1.165, 1.54) is 4.31 Å². The van der Waals surface area contributed by atoms with Crippen molar-refractivity contribution in [1.82, 2.24) is 9.62 Å². The molecule has 1 aliphatic rings. The van der Waals surface area contributed by atoms with Crippen molar-refractivity contribution in [2.75, 3.05) is 13.1 Å². The Morgan fingerprint density at radius 2 is 1.72 bits per heavy atom. The Morgan fingerprint density at radius 3 is 2.31 bits per heavy atom. The van der Waals surface area contributed by atoms with Crippen LogP contribution in [0.4, 0.5) is 0 Å². The minimum Gasteiger partial charge on any atom is -0.352 e. The van der Waals surface area contributed by atoms with Crippen molar-refractivity contribution in [2.24, 2.45) is 5.92 Å². The van der Waals surface area contributed by atoms with Crippen LogP contribution in [0, 0.1) is 5.92 Å². The molecule has 1 fully saturated rings. The van der Waals surface area contributed by atoms with Gasteiger partial charge < -0.3 is 5.32 Å². The zero-order chi connectivity index (χ0) is 21.0. The third-order valence-electron chi connectivity index (χ3n) is 5.42. The van der Waals surface area contributed by atoms with Crippen LogP contribution in [0.15, 0.2) is 53.4 Å². The molecule has 2 aromatic carbocycles. The monoisotopic (exact) mass is 434 g/mol. The van der Waals surface area contributed by atoms with E-state index in [-0.39, 0.29) is 11.8 Å². The zero-order valence-corrected chi connectivity index (χ0v) is 18.3. The Hall–Kier alpha value is -1.89. The molecule has 3 rings (SSSR count). The molecule has 156 valence electrons. The number of hydrogen-bond acceptors (Lipinski definition) is 3. The highest BCUT2D eigenvalue weighted by Crippen LogP contribution is 2.25. The number of amides is 1. The average molecular weight is 435 g/mol. The van der Waals surface area contributed by atoms with Crippen molar-refractivity contribution in [3.8, 4) is 0 Å². The molecule has 1 aliphatic heterocycles. The van der Waals surface area contributed by atoms with Crippen molar-refractivity contribution in [3.63, 3.8) is 0 Å². The maximum Gasteiger partial charge on any atom is 0.243 e. The van der Waals surface area contributed by atoms with Gasteiger partial charge in [0.15, 0.2) is 0 Å². The molecule has 1 saturated heterocycles. The van der Waals surface area contributed by atoms with Crippen molar-refractivity contribution in [3.05, 3.63) is 64.7 Å². The predicted molar refractivity (Wildman–Crippen MR) is 115 cm³/mol. The number of rotatable bonds is 6. The lowest BCUT2D eigenvalue weighted by Crippen LogP contribution is -2.42. The summed E-state index contributed by atoms with van der Waals surface area (Å²) in [6, 6.07) is 14.5. The van der Waals surface area contributed by atoms with Gasteiger partial charge in [-0.15, -0.1) is 0 Å². The van der Waals surface area contributed by atoms with Gasteiger partial charge in [-0.25, -0.2) is 8.42 Å². The molecule has 1 heterocycles. The van der Waals surface area contributed by atoms with Crippen LogP contribution >= 0.6 is 11.6 Å². The maximum absolute atomic E-state index is 12.9. The van der Waals surface area contributed by atoms with Crippen LogP contribution < -0.4 is 5.32 Å². The van der Waals surface area contributed by atoms with Gasteiger partial charge in [0.05, 0.1) is 4.90 Å². The highest BCUT2D eigenvalue weighted by atomic mass is 35.5. The van der Waals surface area contributed by atoms with Gasteiger partial charge in [-0.2, -0.15) is 4.31 Å². The van der Waals surface area contributed by atoms with Crippen molar-refractivity contribution in [2.45, 2.75) is 44.0 Å². The summed E-state index contributed by atoms with van der Waals surface area (Å²) < 4.78 is 27.3. The first-order valence-electron chi connectivity index (χ1n) is 9.90. The van der Waals surface area contributed by atoms with E-state index >= 15 is 0 Å². The van der Waals surface area contributed by atoms with Gasteiger partial charge in [-0.05, 0) is 48.1 Å². The topological polar surface area (TPSA) is 66.5 Å². The highest BCUT2D eigenvalue weighted by Gasteiger charge is 2.32. The summed E-state index contributed by atoms with van der Waals surface area (Å²) in [6.45, 7) is 5.21. The minimum absolute atomic E-state index is 0.0525. The largest absolute Gasteiger partial charge is 0.352 e. The highest BCUT2D eigenvalue weighted by molar-refractivity contribution is 7.89. The number of nitrogens with one attached hydrogen (secondary N) is 1. The van der Waals surface area contributed by atoms with E-state index in [2.05, 4.69) is 19.2 Å². The maximum atomic E-state index is 12.9. The van der Waals surface area contributed by atoms with Crippen molar-refractivity contribution >= 4 is 27.5 Å². The number of carbonyl (C=O) groups is 1. The Bertz CT molecular complexity index is 950. The Balaban J connectivity index is 1.56. The summed E-state index contributed by atoms with van der Waals surface area (Å²) in [6.07, 6.45) is 1.02. The van der Waals surface area contributed by atoms with E-state index in [4.69, 9.17) is 11.6 Å². The van der Waals surface area contributed by atoms with Crippen LogP contribution in [0.25, 0.3) is 0 Å². The zero-order valence-electron chi connectivity index (χ0n) is 16.8. The van der Waals surface area contributed by atoms with Gasteiger partial charge in [0.25, 0.3) is 0 Å². The number of hydrogen-bond donors (Lipinski definition) is 1. The molecule has 0 atom stereocenters. The number of piperidine rings is 1.